The van der Waals surface area contributed by atoms with Gasteiger partial charge in [0.05, 0.1) is 11.2 Å². The van der Waals surface area contributed by atoms with Gasteiger partial charge in [-0.3, -0.25) is 0 Å². The summed E-state index contributed by atoms with van der Waals surface area (Å²) in [6.07, 6.45) is 0.746. The molecule has 4 heteroatoms. The number of aliphatic hydroxyl groups is 1. The molecule has 100 valence electrons. The average Bonchev–Trinajstić information content (AvgIpc) is 2.35. The fourth-order valence-electron chi connectivity index (χ4n) is 2.57. The Balaban J connectivity index is 2.34. The summed E-state index contributed by atoms with van der Waals surface area (Å²) in [5.74, 6) is -1.26. The van der Waals surface area contributed by atoms with Crippen molar-refractivity contribution >= 4 is 0 Å². The molecule has 0 aromatic heterocycles. The number of piperidine rings is 1. The Bertz CT molecular complexity index is 440. The van der Waals surface area contributed by atoms with Gasteiger partial charge in [-0.15, -0.1) is 0 Å². The predicted octanol–water partition coefficient (Wildman–Crippen LogP) is 2.58. The molecule has 0 spiro atoms. The highest BCUT2D eigenvalue weighted by atomic mass is 19.1. The molecule has 1 heterocycles. The van der Waals surface area contributed by atoms with Gasteiger partial charge >= 0.3 is 0 Å². The summed E-state index contributed by atoms with van der Waals surface area (Å²) in [5.41, 5.74) is -1.15. The van der Waals surface area contributed by atoms with E-state index in [2.05, 4.69) is 4.90 Å². The van der Waals surface area contributed by atoms with E-state index in [1.165, 1.54) is 12.1 Å². The first-order chi connectivity index (χ1) is 8.48. The molecule has 1 aromatic carbocycles. The molecule has 18 heavy (non-hydrogen) atoms. The van der Waals surface area contributed by atoms with Crippen LogP contribution in [-0.2, 0) is 5.60 Å². The summed E-state index contributed by atoms with van der Waals surface area (Å²) in [6, 6.07) is 2.64. The molecule has 0 radical (unpaired) electrons. The van der Waals surface area contributed by atoms with Gasteiger partial charge in [0.1, 0.15) is 11.6 Å². The summed E-state index contributed by atoms with van der Waals surface area (Å²) >= 11 is 0. The van der Waals surface area contributed by atoms with Gasteiger partial charge in [-0.2, -0.15) is 0 Å². The zero-order valence-electron chi connectivity index (χ0n) is 10.8. The molecule has 1 aliphatic rings. The van der Waals surface area contributed by atoms with Crippen LogP contribution in [0.15, 0.2) is 12.1 Å². The van der Waals surface area contributed by atoms with Crippen LogP contribution >= 0.6 is 0 Å². The lowest BCUT2D eigenvalue weighted by Gasteiger charge is -2.38. The molecule has 1 saturated heterocycles. The number of nitrogens with zero attached hydrogens (tertiary/aromatic N) is 1. The minimum Gasteiger partial charge on any atom is -0.385 e. The Labute approximate surface area is 106 Å². The van der Waals surface area contributed by atoms with Gasteiger partial charge in [-0.1, -0.05) is 13.0 Å². The summed E-state index contributed by atoms with van der Waals surface area (Å²) in [7, 11) is 0. The topological polar surface area (TPSA) is 23.5 Å². The zero-order chi connectivity index (χ0) is 13.3. The molecule has 2 nitrogen and oxygen atoms in total. The molecule has 1 fully saturated rings. The molecule has 0 atom stereocenters. The maximum absolute atomic E-state index is 14.1. The highest BCUT2D eigenvalue weighted by molar-refractivity contribution is 5.31. The fraction of sp³-hybridized carbons (Fsp3) is 0.571. The van der Waals surface area contributed by atoms with Crippen molar-refractivity contribution in [3.8, 4) is 0 Å². The van der Waals surface area contributed by atoms with Crippen LogP contribution < -0.4 is 0 Å². The van der Waals surface area contributed by atoms with Gasteiger partial charge in [0, 0.05) is 13.1 Å². The molecule has 0 saturated carbocycles. The molecule has 1 aliphatic heterocycles. The van der Waals surface area contributed by atoms with E-state index in [0.29, 0.717) is 31.5 Å². The third kappa shape index (κ3) is 2.27. The standard InChI is InChI=1S/C14H19F2NO/c1-3-17-8-6-14(18,7-9-17)12-11(15)5-4-10(2)13(12)16/h4-5,18H,3,6-9H2,1-2H3. The molecule has 0 unspecified atom stereocenters. The first-order valence-corrected chi connectivity index (χ1v) is 6.38. The summed E-state index contributed by atoms with van der Waals surface area (Å²) in [4.78, 5) is 2.17. The molecular weight excluding hydrogens is 236 g/mol. The summed E-state index contributed by atoms with van der Waals surface area (Å²) < 4.78 is 27.9. The number of hydrogen-bond donors (Lipinski definition) is 1. The zero-order valence-corrected chi connectivity index (χ0v) is 10.8. The Morgan fingerprint density at radius 1 is 1.28 bits per heavy atom. The second kappa shape index (κ2) is 4.94. The van der Waals surface area contributed by atoms with Crippen molar-refractivity contribution in [1.29, 1.82) is 0 Å². The lowest BCUT2D eigenvalue weighted by Crippen LogP contribution is -2.43. The summed E-state index contributed by atoms with van der Waals surface area (Å²) in [5, 5.41) is 10.5. The maximum atomic E-state index is 14.1. The quantitative estimate of drug-likeness (QED) is 0.878. The van der Waals surface area contributed by atoms with Crippen molar-refractivity contribution in [3.63, 3.8) is 0 Å². The van der Waals surface area contributed by atoms with Crippen molar-refractivity contribution in [2.24, 2.45) is 0 Å². The molecule has 1 aromatic rings. The average molecular weight is 255 g/mol. The third-order valence-electron chi connectivity index (χ3n) is 3.88. The Hall–Kier alpha value is -1.00. The van der Waals surface area contributed by atoms with E-state index in [9.17, 15) is 13.9 Å². The van der Waals surface area contributed by atoms with E-state index >= 15 is 0 Å². The Morgan fingerprint density at radius 3 is 2.44 bits per heavy atom. The number of halogens is 2. The van der Waals surface area contributed by atoms with Crippen molar-refractivity contribution in [3.05, 3.63) is 34.9 Å². The highest BCUT2D eigenvalue weighted by Crippen LogP contribution is 2.36. The minimum absolute atomic E-state index is 0.154. The number of rotatable bonds is 2. The Kier molecular flexibility index (Phi) is 3.69. The van der Waals surface area contributed by atoms with Crippen LogP contribution in [0.4, 0.5) is 8.78 Å². The molecule has 0 amide bonds. The van der Waals surface area contributed by atoms with Gasteiger partial charge < -0.3 is 10.0 Å². The number of aryl methyl sites for hydroxylation is 1. The second-order valence-electron chi connectivity index (χ2n) is 5.02. The first kappa shape index (κ1) is 13.4. The van der Waals surface area contributed by atoms with Crippen molar-refractivity contribution in [2.45, 2.75) is 32.3 Å². The minimum atomic E-state index is -1.37. The maximum Gasteiger partial charge on any atom is 0.135 e. The van der Waals surface area contributed by atoms with E-state index in [1.807, 2.05) is 6.92 Å². The number of hydrogen-bond acceptors (Lipinski definition) is 2. The normalized spacial score (nSPS) is 20.1. The molecule has 0 aliphatic carbocycles. The van der Waals surface area contributed by atoms with E-state index < -0.39 is 17.2 Å². The van der Waals surface area contributed by atoms with Crippen molar-refractivity contribution < 1.29 is 13.9 Å². The van der Waals surface area contributed by atoms with Crippen LogP contribution in [0.2, 0.25) is 0 Å². The smallest absolute Gasteiger partial charge is 0.135 e. The molecule has 0 bridgehead atoms. The molecular formula is C14H19F2NO. The van der Waals surface area contributed by atoms with Gasteiger partial charge in [-0.25, -0.2) is 8.78 Å². The predicted molar refractivity (Wildman–Crippen MR) is 66.3 cm³/mol. The molecule has 2 rings (SSSR count). The largest absolute Gasteiger partial charge is 0.385 e. The summed E-state index contributed by atoms with van der Waals surface area (Å²) in [6.45, 7) is 5.86. The van der Waals surface area contributed by atoms with E-state index in [-0.39, 0.29) is 5.56 Å². The van der Waals surface area contributed by atoms with E-state index in [1.54, 1.807) is 6.92 Å². The third-order valence-corrected chi connectivity index (χ3v) is 3.88. The monoisotopic (exact) mass is 255 g/mol. The lowest BCUT2D eigenvalue weighted by atomic mass is 9.83. The molecule has 1 N–H and O–H groups in total. The van der Waals surface area contributed by atoms with Gasteiger partial charge in [-0.05, 0) is 37.9 Å². The van der Waals surface area contributed by atoms with E-state index in [0.717, 1.165) is 6.54 Å². The SMILES string of the molecule is CCN1CCC(O)(c2c(F)ccc(C)c2F)CC1. The van der Waals surface area contributed by atoms with Gasteiger partial charge in [0.2, 0.25) is 0 Å². The lowest BCUT2D eigenvalue weighted by molar-refractivity contribution is -0.0301. The Morgan fingerprint density at radius 2 is 1.89 bits per heavy atom. The van der Waals surface area contributed by atoms with Crippen LogP contribution in [0.3, 0.4) is 0 Å². The highest BCUT2D eigenvalue weighted by Gasteiger charge is 2.38. The second-order valence-corrected chi connectivity index (χ2v) is 5.02. The number of likely N-dealkylation sites (tertiary alicyclic amines) is 1. The van der Waals surface area contributed by atoms with Crippen LogP contribution in [0.1, 0.15) is 30.9 Å². The van der Waals surface area contributed by atoms with Crippen LogP contribution in [0.5, 0.6) is 0 Å². The van der Waals surface area contributed by atoms with Crippen LogP contribution in [0, 0.1) is 18.6 Å². The van der Waals surface area contributed by atoms with Crippen LogP contribution in [-0.4, -0.2) is 29.6 Å². The van der Waals surface area contributed by atoms with Gasteiger partial charge in [0.15, 0.2) is 0 Å². The number of benzene rings is 1. The van der Waals surface area contributed by atoms with Gasteiger partial charge in [0.25, 0.3) is 0 Å². The fourth-order valence-corrected chi connectivity index (χ4v) is 2.57. The van der Waals surface area contributed by atoms with Crippen molar-refractivity contribution in [1.82, 2.24) is 4.90 Å². The first-order valence-electron chi connectivity index (χ1n) is 6.38. The van der Waals surface area contributed by atoms with Crippen molar-refractivity contribution in [2.75, 3.05) is 19.6 Å². The van der Waals surface area contributed by atoms with Crippen LogP contribution in [0.25, 0.3) is 0 Å². The van der Waals surface area contributed by atoms with E-state index in [4.69, 9.17) is 0 Å².